The summed E-state index contributed by atoms with van der Waals surface area (Å²) in [6.45, 7) is 0. The molecule has 1 aliphatic carbocycles. The summed E-state index contributed by atoms with van der Waals surface area (Å²) < 4.78 is 1.73. The molecular weight excluding hydrogens is 250 g/mol. The van der Waals surface area contributed by atoms with Gasteiger partial charge in [0.25, 0.3) is 0 Å². The van der Waals surface area contributed by atoms with Gasteiger partial charge in [0.2, 0.25) is 0 Å². The van der Waals surface area contributed by atoms with E-state index in [9.17, 15) is 4.79 Å². The molecule has 0 amide bonds. The summed E-state index contributed by atoms with van der Waals surface area (Å²) in [5.74, 6) is 1.19. The topological polar surface area (TPSA) is 89.6 Å². The first-order chi connectivity index (χ1) is 8.75. The molecule has 0 radical (unpaired) electrons. The zero-order chi connectivity index (χ0) is 12.5. The van der Waals surface area contributed by atoms with Crippen LogP contribution in [0.1, 0.15) is 24.4 Å². The van der Waals surface area contributed by atoms with Gasteiger partial charge in [0.05, 0.1) is 0 Å². The molecule has 18 heavy (non-hydrogen) atoms. The smallest absolute Gasteiger partial charge is 0.344 e. The molecule has 7 heteroatoms. The minimum Gasteiger partial charge on any atom is -0.383 e. The molecule has 0 bridgehead atoms. The van der Waals surface area contributed by atoms with Gasteiger partial charge in [-0.05, 0) is 18.9 Å². The van der Waals surface area contributed by atoms with Crippen LogP contribution < -0.4 is 11.4 Å². The van der Waals surface area contributed by atoms with Crippen molar-refractivity contribution in [2.75, 3.05) is 5.73 Å². The Bertz CT molecular complexity index is 616. The Morgan fingerprint density at radius 3 is 3.11 bits per heavy atom. The van der Waals surface area contributed by atoms with Crippen molar-refractivity contribution in [3.8, 4) is 0 Å². The minimum atomic E-state index is -0.126. The van der Waals surface area contributed by atoms with Crippen LogP contribution in [0.5, 0.6) is 0 Å². The molecule has 0 unspecified atom stereocenters. The van der Waals surface area contributed by atoms with Crippen LogP contribution in [-0.4, -0.2) is 19.7 Å². The van der Waals surface area contributed by atoms with Crippen LogP contribution in [0.25, 0.3) is 0 Å². The third kappa shape index (κ3) is 2.13. The van der Waals surface area contributed by atoms with Crippen molar-refractivity contribution >= 4 is 17.6 Å². The number of nitrogens with two attached hydrogens (primary N) is 1. The predicted octanol–water partition coefficient (Wildman–Crippen LogP) is 1.18. The van der Waals surface area contributed by atoms with Gasteiger partial charge in [0.15, 0.2) is 5.16 Å². The number of aromatic nitrogens is 4. The first kappa shape index (κ1) is 11.3. The fourth-order valence-electron chi connectivity index (χ4n) is 1.76. The number of nitrogens with one attached hydrogen (secondary N) is 1. The molecule has 0 saturated heterocycles. The maximum absolute atomic E-state index is 11.6. The minimum absolute atomic E-state index is 0.126. The Labute approximate surface area is 108 Å². The summed E-state index contributed by atoms with van der Waals surface area (Å²) in [7, 11) is 0. The maximum Gasteiger partial charge on any atom is 0.344 e. The number of H-pyrrole nitrogens is 1. The van der Waals surface area contributed by atoms with E-state index < -0.39 is 0 Å². The highest BCUT2D eigenvalue weighted by Crippen LogP contribution is 2.36. The average Bonchev–Trinajstić information content (AvgIpc) is 3.13. The molecule has 0 spiro atoms. The Kier molecular flexibility index (Phi) is 2.83. The number of aromatic amines is 1. The van der Waals surface area contributed by atoms with Gasteiger partial charge in [-0.3, -0.25) is 4.57 Å². The fraction of sp³-hybridized carbons (Fsp3) is 0.364. The molecule has 0 aliphatic heterocycles. The lowest BCUT2D eigenvalue weighted by Gasteiger charge is -2.04. The number of hydrogen-bond acceptors (Lipinski definition) is 5. The van der Waals surface area contributed by atoms with Gasteiger partial charge in [-0.1, -0.05) is 17.8 Å². The monoisotopic (exact) mass is 263 g/mol. The average molecular weight is 263 g/mol. The normalized spacial score (nSPS) is 14.9. The van der Waals surface area contributed by atoms with Crippen LogP contribution in [-0.2, 0) is 5.75 Å². The quantitative estimate of drug-likeness (QED) is 0.808. The summed E-state index contributed by atoms with van der Waals surface area (Å²) in [6.07, 6.45) is 3.78. The van der Waals surface area contributed by atoms with Crippen LogP contribution >= 0.6 is 11.8 Å². The summed E-state index contributed by atoms with van der Waals surface area (Å²) in [4.78, 5) is 15.6. The van der Waals surface area contributed by atoms with Crippen molar-refractivity contribution in [3.05, 3.63) is 34.4 Å². The van der Waals surface area contributed by atoms with E-state index in [0.29, 0.717) is 17.6 Å². The highest BCUT2D eigenvalue weighted by atomic mass is 32.2. The number of nitrogens with zero attached hydrogens (tertiary/aromatic N) is 3. The van der Waals surface area contributed by atoms with E-state index >= 15 is 0 Å². The Morgan fingerprint density at radius 2 is 2.39 bits per heavy atom. The van der Waals surface area contributed by atoms with Gasteiger partial charge in [-0.25, -0.2) is 14.9 Å². The van der Waals surface area contributed by atoms with E-state index in [2.05, 4.69) is 15.2 Å². The highest BCUT2D eigenvalue weighted by Gasteiger charge is 2.28. The Balaban J connectivity index is 1.78. The number of anilines is 1. The van der Waals surface area contributed by atoms with Gasteiger partial charge in [-0.15, -0.1) is 5.10 Å². The van der Waals surface area contributed by atoms with E-state index in [1.807, 2.05) is 12.1 Å². The molecule has 2 aromatic heterocycles. The molecule has 1 fully saturated rings. The Morgan fingerprint density at radius 1 is 1.56 bits per heavy atom. The van der Waals surface area contributed by atoms with Crippen molar-refractivity contribution in [1.82, 2.24) is 19.7 Å². The van der Waals surface area contributed by atoms with Crippen LogP contribution in [0.4, 0.5) is 5.82 Å². The van der Waals surface area contributed by atoms with Gasteiger partial charge in [0.1, 0.15) is 5.82 Å². The van der Waals surface area contributed by atoms with Crippen LogP contribution in [0.2, 0.25) is 0 Å². The van der Waals surface area contributed by atoms with Crippen LogP contribution in [0, 0.1) is 0 Å². The zero-order valence-corrected chi connectivity index (χ0v) is 10.5. The van der Waals surface area contributed by atoms with Crippen molar-refractivity contribution in [1.29, 1.82) is 0 Å². The molecule has 2 aromatic rings. The SMILES string of the molecule is Nc1ncccc1CSc1n[nH]c(=O)n1C1CC1. The van der Waals surface area contributed by atoms with Gasteiger partial charge in [0, 0.05) is 23.6 Å². The molecule has 1 saturated carbocycles. The van der Waals surface area contributed by atoms with Crippen molar-refractivity contribution in [2.24, 2.45) is 0 Å². The lowest BCUT2D eigenvalue weighted by atomic mass is 10.3. The van der Waals surface area contributed by atoms with E-state index in [-0.39, 0.29) is 5.69 Å². The number of pyridine rings is 1. The van der Waals surface area contributed by atoms with Crippen molar-refractivity contribution < 1.29 is 0 Å². The second kappa shape index (κ2) is 4.49. The maximum atomic E-state index is 11.6. The van der Waals surface area contributed by atoms with Gasteiger partial charge >= 0.3 is 5.69 Å². The van der Waals surface area contributed by atoms with E-state index in [1.54, 1.807) is 10.8 Å². The molecule has 94 valence electrons. The first-order valence-corrected chi connectivity index (χ1v) is 6.73. The summed E-state index contributed by atoms with van der Waals surface area (Å²) in [5, 5.41) is 7.28. The molecule has 1 aliphatic rings. The second-order valence-corrected chi connectivity index (χ2v) is 5.19. The number of thioether (sulfide) groups is 1. The van der Waals surface area contributed by atoms with E-state index in [0.717, 1.165) is 23.6 Å². The van der Waals surface area contributed by atoms with Crippen LogP contribution in [0.3, 0.4) is 0 Å². The fourth-order valence-corrected chi connectivity index (χ4v) is 2.77. The highest BCUT2D eigenvalue weighted by molar-refractivity contribution is 7.98. The van der Waals surface area contributed by atoms with Crippen LogP contribution in [0.15, 0.2) is 28.3 Å². The molecule has 0 aromatic carbocycles. The van der Waals surface area contributed by atoms with E-state index in [4.69, 9.17) is 5.73 Å². The molecule has 3 N–H and O–H groups in total. The summed E-state index contributed by atoms with van der Waals surface area (Å²) >= 11 is 1.50. The van der Waals surface area contributed by atoms with Gasteiger partial charge < -0.3 is 5.73 Å². The largest absolute Gasteiger partial charge is 0.383 e. The summed E-state index contributed by atoms with van der Waals surface area (Å²) in [6, 6.07) is 4.11. The Hall–Kier alpha value is -1.76. The number of hydrogen-bond donors (Lipinski definition) is 2. The third-order valence-corrected chi connectivity index (χ3v) is 3.87. The predicted molar refractivity (Wildman–Crippen MR) is 69.3 cm³/mol. The van der Waals surface area contributed by atoms with Crippen molar-refractivity contribution in [2.45, 2.75) is 29.8 Å². The van der Waals surface area contributed by atoms with E-state index in [1.165, 1.54) is 11.8 Å². The lowest BCUT2D eigenvalue weighted by molar-refractivity contribution is 0.642. The molecule has 6 nitrogen and oxygen atoms in total. The summed E-state index contributed by atoms with van der Waals surface area (Å²) in [5.41, 5.74) is 6.61. The first-order valence-electron chi connectivity index (χ1n) is 5.75. The van der Waals surface area contributed by atoms with Gasteiger partial charge in [-0.2, -0.15) is 0 Å². The molecule has 3 rings (SSSR count). The lowest BCUT2D eigenvalue weighted by Crippen LogP contribution is -2.16. The third-order valence-electron chi connectivity index (χ3n) is 2.87. The molecule has 0 atom stereocenters. The standard InChI is InChI=1S/C11H13N5OS/c12-9-7(2-1-5-13-9)6-18-11-15-14-10(17)16(11)8-3-4-8/h1-2,5,8H,3-4,6H2,(H2,12,13)(H,14,17). The molecule has 2 heterocycles. The van der Waals surface area contributed by atoms with Crippen molar-refractivity contribution in [3.63, 3.8) is 0 Å². The zero-order valence-electron chi connectivity index (χ0n) is 9.67. The number of rotatable bonds is 4. The second-order valence-electron chi connectivity index (χ2n) is 4.25. The molecular formula is C11H13N5OS. The number of nitrogen functional groups attached to an aromatic ring is 1.